The zero-order valence-corrected chi connectivity index (χ0v) is 26.5. The van der Waals surface area contributed by atoms with Crippen LogP contribution in [0.1, 0.15) is 33.6 Å². The molecule has 40 heavy (non-hydrogen) atoms. The molecule has 13 heteroatoms. The van der Waals surface area contributed by atoms with Gasteiger partial charge in [0.25, 0.3) is 0 Å². The molecule has 0 bridgehead atoms. The van der Waals surface area contributed by atoms with Crippen molar-refractivity contribution in [1.29, 1.82) is 0 Å². The van der Waals surface area contributed by atoms with Gasteiger partial charge < -0.3 is 52.7 Å². The van der Waals surface area contributed by atoms with Crippen LogP contribution in [0.2, 0.25) is 0 Å². The molecule has 0 aromatic carbocycles. The minimum Gasteiger partial charge on any atom is -0.379 e. The van der Waals surface area contributed by atoms with Crippen LogP contribution in [0.25, 0.3) is 0 Å². The highest BCUT2D eigenvalue weighted by atomic mass is 79.9. The first-order valence-electron chi connectivity index (χ1n) is 14.2. The molecule has 1 amide bonds. The molecular formula is C27H54BrNO11. The standard InChI is InChI=1S/C25H48BrNO11.C2H6/c1-24(28)3-2-5-30-7-9-32-11-13-34-15-17-36-19-21-38-22-20-37-18-16-35-14-12-33-10-8-31-6-4-27-25(29)23-26;1-2/h2-23H2,1H3,(H,27,29);1-2H3. The number of hydrogen-bond acceptors (Lipinski definition) is 11. The summed E-state index contributed by atoms with van der Waals surface area (Å²) in [7, 11) is 0. The maximum Gasteiger partial charge on any atom is 0.230 e. The number of ketones is 1. The molecule has 1 N–H and O–H groups in total. The van der Waals surface area contributed by atoms with E-state index in [9.17, 15) is 9.59 Å². The third kappa shape index (κ3) is 39.4. The quantitative estimate of drug-likeness (QED) is 0.0850. The Morgan fingerprint density at radius 3 is 1.05 bits per heavy atom. The summed E-state index contributed by atoms with van der Waals surface area (Å²) in [6, 6.07) is 0. The lowest BCUT2D eigenvalue weighted by Crippen LogP contribution is -2.28. The number of alkyl halides is 1. The SMILES string of the molecule is CC.CC(=O)CCCOCCOCCOCCOCCOCCOCCOCCOCCOCCNC(=O)CBr. The van der Waals surface area contributed by atoms with Crippen LogP contribution in [-0.4, -0.2) is 142 Å². The smallest absolute Gasteiger partial charge is 0.230 e. The van der Waals surface area contributed by atoms with Gasteiger partial charge in [0.2, 0.25) is 5.91 Å². The fourth-order valence-electron chi connectivity index (χ4n) is 2.59. The summed E-state index contributed by atoms with van der Waals surface area (Å²) in [5.41, 5.74) is 0. The lowest BCUT2D eigenvalue weighted by Gasteiger charge is -2.09. The maximum absolute atomic E-state index is 11.0. The highest BCUT2D eigenvalue weighted by Crippen LogP contribution is 1.91. The number of nitrogens with one attached hydrogen (secondary N) is 1. The predicted molar refractivity (Wildman–Crippen MR) is 155 cm³/mol. The molecule has 0 radical (unpaired) electrons. The second-order valence-corrected chi connectivity index (χ2v) is 8.36. The monoisotopic (exact) mass is 647 g/mol. The van der Waals surface area contributed by atoms with Crippen molar-refractivity contribution in [3.05, 3.63) is 0 Å². The number of Topliss-reactive ketones (excluding diaryl/α,β-unsaturated/α-hetero) is 1. The summed E-state index contributed by atoms with van der Waals surface area (Å²) in [5, 5.41) is 2.99. The average molecular weight is 649 g/mol. The molecule has 0 rings (SSSR count). The molecule has 0 heterocycles. The van der Waals surface area contributed by atoms with Gasteiger partial charge in [-0.05, 0) is 13.3 Å². The molecule has 0 fully saturated rings. The van der Waals surface area contributed by atoms with Gasteiger partial charge in [-0.25, -0.2) is 0 Å². The van der Waals surface area contributed by atoms with Crippen LogP contribution in [0.5, 0.6) is 0 Å². The van der Waals surface area contributed by atoms with E-state index in [1.165, 1.54) is 0 Å². The van der Waals surface area contributed by atoms with Gasteiger partial charge in [-0.2, -0.15) is 0 Å². The van der Waals surface area contributed by atoms with E-state index in [2.05, 4.69) is 21.2 Å². The van der Waals surface area contributed by atoms with Crippen LogP contribution < -0.4 is 5.32 Å². The normalized spacial score (nSPS) is 10.8. The van der Waals surface area contributed by atoms with Crippen LogP contribution >= 0.6 is 15.9 Å². The van der Waals surface area contributed by atoms with Crippen LogP contribution in [0.4, 0.5) is 0 Å². The van der Waals surface area contributed by atoms with Gasteiger partial charge in [-0.15, -0.1) is 0 Å². The number of halogens is 1. The number of rotatable bonds is 32. The van der Waals surface area contributed by atoms with E-state index in [0.717, 1.165) is 6.42 Å². The minimum absolute atomic E-state index is 0.0569. The van der Waals surface area contributed by atoms with E-state index in [4.69, 9.17) is 42.6 Å². The molecule has 12 nitrogen and oxygen atoms in total. The first kappa shape index (κ1) is 41.4. The molecule has 0 atom stereocenters. The number of amides is 1. The van der Waals surface area contributed by atoms with Crippen molar-refractivity contribution in [3.63, 3.8) is 0 Å². The molecule has 0 unspecified atom stereocenters. The third-order valence-electron chi connectivity index (χ3n) is 4.48. The van der Waals surface area contributed by atoms with E-state index >= 15 is 0 Å². The molecule has 0 aliphatic rings. The topological polar surface area (TPSA) is 129 Å². The predicted octanol–water partition coefficient (Wildman–Crippen LogP) is 2.04. The molecule has 0 aromatic rings. The van der Waals surface area contributed by atoms with Crippen molar-refractivity contribution in [2.24, 2.45) is 0 Å². The van der Waals surface area contributed by atoms with Crippen LogP contribution in [0, 0.1) is 0 Å². The van der Waals surface area contributed by atoms with Crippen LogP contribution in [0.3, 0.4) is 0 Å². The van der Waals surface area contributed by atoms with Gasteiger partial charge in [0, 0.05) is 19.6 Å². The average Bonchev–Trinajstić information content (AvgIpc) is 2.96. The Morgan fingerprint density at radius 1 is 0.500 bits per heavy atom. The molecule has 0 aromatic heterocycles. The summed E-state index contributed by atoms with van der Waals surface area (Å²) in [5.74, 6) is 0.130. The van der Waals surface area contributed by atoms with Crippen molar-refractivity contribution in [2.75, 3.05) is 131 Å². The first-order valence-corrected chi connectivity index (χ1v) is 15.3. The maximum atomic E-state index is 11.0. The fourth-order valence-corrected chi connectivity index (χ4v) is 2.79. The molecule has 0 spiro atoms. The van der Waals surface area contributed by atoms with Crippen molar-refractivity contribution in [1.82, 2.24) is 5.32 Å². The lowest BCUT2D eigenvalue weighted by molar-refractivity contribution is -0.119. The molecule has 0 saturated heterocycles. The largest absolute Gasteiger partial charge is 0.379 e. The number of carbonyl (C=O) groups is 2. The molecule has 0 saturated carbocycles. The Kier molecular flexibility index (Phi) is 39.6. The van der Waals surface area contributed by atoms with E-state index in [0.29, 0.717) is 137 Å². The van der Waals surface area contributed by atoms with Crippen LogP contribution in [0.15, 0.2) is 0 Å². The van der Waals surface area contributed by atoms with Crippen molar-refractivity contribution in [3.8, 4) is 0 Å². The van der Waals surface area contributed by atoms with Gasteiger partial charge >= 0.3 is 0 Å². The van der Waals surface area contributed by atoms with E-state index in [-0.39, 0.29) is 11.7 Å². The van der Waals surface area contributed by atoms with E-state index in [1.807, 2.05) is 13.8 Å². The molecule has 240 valence electrons. The van der Waals surface area contributed by atoms with Crippen molar-refractivity contribution >= 4 is 27.6 Å². The Hall–Kier alpha value is -0.740. The Balaban J connectivity index is 0. The summed E-state index contributed by atoms with van der Waals surface area (Å²) in [6.07, 6.45) is 1.32. The summed E-state index contributed by atoms with van der Waals surface area (Å²) in [4.78, 5) is 21.8. The first-order chi connectivity index (χ1) is 19.7. The van der Waals surface area contributed by atoms with Gasteiger partial charge in [0.05, 0.1) is 118 Å². The zero-order chi connectivity index (χ0) is 29.8. The molecular weight excluding hydrogens is 594 g/mol. The highest BCUT2D eigenvalue weighted by molar-refractivity contribution is 9.09. The van der Waals surface area contributed by atoms with E-state index in [1.54, 1.807) is 6.92 Å². The Labute approximate surface area is 249 Å². The number of ether oxygens (including phenoxy) is 9. The highest BCUT2D eigenvalue weighted by Gasteiger charge is 1.98. The summed E-state index contributed by atoms with van der Waals surface area (Å²) >= 11 is 3.07. The van der Waals surface area contributed by atoms with E-state index < -0.39 is 0 Å². The second kappa shape index (κ2) is 38.3. The van der Waals surface area contributed by atoms with Gasteiger partial charge in [0.1, 0.15) is 5.78 Å². The Bertz CT molecular complexity index is 519. The molecule has 0 aliphatic carbocycles. The summed E-state index contributed by atoms with van der Waals surface area (Å²) in [6.45, 7) is 15.1. The van der Waals surface area contributed by atoms with Crippen molar-refractivity contribution < 1.29 is 52.2 Å². The number of hydrogen-bond donors (Lipinski definition) is 1. The van der Waals surface area contributed by atoms with Crippen molar-refractivity contribution in [2.45, 2.75) is 33.6 Å². The second-order valence-electron chi connectivity index (χ2n) is 7.80. The number of carbonyl (C=O) groups excluding carboxylic acids is 2. The van der Waals surface area contributed by atoms with Gasteiger partial charge in [0.15, 0.2) is 0 Å². The minimum atomic E-state index is -0.0569. The fraction of sp³-hybridized carbons (Fsp3) is 0.926. The zero-order valence-electron chi connectivity index (χ0n) is 24.9. The molecule has 0 aliphatic heterocycles. The van der Waals surface area contributed by atoms with Gasteiger partial charge in [-0.3, -0.25) is 4.79 Å². The van der Waals surface area contributed by atoms with Gasteiger partial charge in [-0.1, -0.05) is 29.8 Å². The van der Waals surface area contributed by atoms with Crippen LogP contribution in [-0.2, 0) is 52.2 Å². The lowest BCUT2D eigenvalue weighted by atomic mass is 10.2. The third-order valence-corrected chi connectivity index (χ3v) is 4.99. The summed E-state index contributed by atoms with van der Waals surface area (Å²) < 4.78 is 48.7. The Morgan fingerprint density at radius 2 is 0.775 bits per heavy atom.